The van der Waals surface area contributed by atoms with Crippen LogP contribution in [-0.2, 0) is 23.7 Å². The van der Waals surface area contributed by atoms with Crippen LogP contribution in [0, 0.1) is 0 Å². The number of fused-ring (bicyclic) bond motifs is 2. The second kappa shape index (κ2) is 8.40. The summed E-state index contributed by atoms with van der Waals surface area (Å²) in [7, 11) is 0. The first-order valence-corrected chi connectivity index (χ1v) is 10.9. The van der Waals surface area contributed by atoms with Crippen LogP contribution in [0.25, 0.3) is 0 Å². The van der Waals surface area contributed by atoms with Crippen molar-refractivity contribution in [2.24, 2.45) is 5.73 Å². The Hall–Kier alpha value is -1.01. The van der Waals surface area contributed by atoms with Crippen molar-refractivity contribution in [3.63, 3.8) is 0 Å². The lowest BCUT2D eigenvalue weighted by Gasteiger charge is -2.25. The molecular formula is C21H38N2O8. The van der Waals surface area contributed by atoms with Crippen molar-refractivity contribution in [1.82, 2.24) is 5.32 Å². The van der Waals surface area contributed by atoms with Crippen molar-refractivity contribution < 1.29 is 38.7 Å². The maximum Gasteiger partial charge on any atom is 0.407 e. The van der Waals surface area contributed by atoms with Gasteiger partial charge < -0.3 is 44.9 Å². The number of alkyl carbamates (subject to hydrolysis) is 1. The summed E-state index contributed by atoms with van der Waals surface area (Å²) in [6.07, 6.45) is -1.70. The SMILES string of the molecule is CC(C)(C)OC(=O)N[C@@H]1C[C@H](O)[C@H]2OC(C)(C)O[C@H]21.CC1(C)O[C@@H]2[C@H](O1)[C@@H](O)C[C@H]2N. The zero-order valence-electron chi connectivity index (χ0n) is 19.5. The van der Waals surface area contributed by atoms with E-state index < -0.39 is 41.6 Å². The summed E-state index contributed by atoms with van der Waals surface area (Å²) in [6.45, 7) is 12.7. The highest BCUT2D eigenvalue weighted by Gasteiger charge is 2.54. The Balaban J connectivity index is 0.000000194. The van der Waals surface area contributed by atoms with Crippen molar-refractivity contribution in [2.75, 3.05) is 0 Å². The molecule has 2 aliphatic carbocycles. The summed E-state index contributed by atoms with van der Waals surface area (Å²) >= 11 is 0. The summed E-state index contributed by atoms with van der Waals surface area (Å²) in [5.74, 6) is -1.32. The van der Waals surface area contributed by atoms with Crippen LogP contribution in [0.15, 0.2) is 0 Å². The van der Waals surface area contributed by atoms with Crippen LogP contribution in [0.2, 0.25) is 0 Å². The van der Waals surface area contributed by atoms with E-state index in [-0.39, 0.29) is 30.4 Å². The van der Waals surface area contributed by atoms with Gasteiger partial charge in [-0.2, -0.15) is 0 Å². The molecule has 0 aromatic carbocycles. The van der Waals surface area contributed by atoms with Gasteiger partial charge in [-0.3, -0.25) is 0 Å². The van der Waals surface area contributed by atoms with Gasteiger partial charge in [0.05, 0.1) is 18.2 Å². The summed E-state index contributed by atoms with van der Waals surface area (Å²) < 4.78 is 27.6. The number of nitrogens with one attached hydrogen (secondary N) is 1. The van der Waals surface area contributed by atoms with Gasteiger partial charge in [-0.1, -0.05) is 0 Å². The normalized spacial score (nSPS) is 42.4. The zero-order valence-corrected chi connectivity index (χ0v) is 19.5. The number of hydrogen-bond donors (Lipinski definition) is 4. The Bertz CT molecular complexity index is 646. The zero-order chi connectivity index (χ0) is 23.4. The van der Waals surface area contributed by atoms with Crippen LogP contribution < -0.4 is 11.1 Å². The topological polar surface area (TPSA) is 142 Å². The van der Waals surface area contributed by atoms with Crippen molar-refractivity contribution in [2.45, 2.75) is 127 Å². The first-order chi connectivity index (χ1) is 14.1. The van der Waals surface area contributed by atoms with Gasteiger partial charge in [0.25, 0.3) is 0 Å². The molecule has 4 fully saturated rings. The molecule has 8 atom stereocenters. The molecule has 2 saturated heterocycles. The number of carbonyl (C=O) groups is 1. The minimum atomic E-state index is -0.732. The monoisotopic (exact) mass is 446 g/mol. The van der Waals surface area contributed by atoms with Gasteiger partial charge in [-0.15, -0.1) is 0 Å². The minimum Gasteiger partial charge on any atom is -0.444 e. The number of rotatable bonds is 1. The molecule has 0 unspecified atom stereocenters. The minimum absolute atomic E-state index is 0.0909. The van der Waals surface area contributed by atoms with Gasteiger partial charge in [-0.05, 0) is 61.3 Å². The van der Waals surface area contributed by atoms with Crippen molar-refractivity contribution in [1.29, 1.82) is 0 Å². The van der Waals surface area contributed by atoms with Crippen LogP contribution in [0.5, 0.6) is 0 Å². The first kappa shape index (κ1) is 24.6. The average molecular weight is 447 g/mol. The first-order valence-electron chi connectivity index (χ1n) is 10.9. The lowest BCUT2D eigenvalue weighted by molar-refractivity contribution is -0.164. The van der Waals surface area contributed by atoms with Gasteiger partial charge >= 0.3 is 6.09 Å². The van der Waals surface area contributed by atoms with E-state index in [4.69, 9.17) is 29.4 Å². The highest BCUT2D eigenvalue weighted by Crippen LogP contribution is 2.39. The third-order valence-corrected chi connectivity index (χ3v) is 5.62. The molecule has 10 heteroatoms. The van der Waals surface area contributed by atoms with Crippen LogP contribution >= 0.6 is 0 Å². The number of aliphatic hydroxyl groups excluding tert-OH is 2. The molecule has 1 amide bonds. The maximum atomic E-state index is 11.8. The number of hydrogen-bond acceptors (Lipinski definition) is 9. The molecule has 5 N–H and O–H groups in total. The van der Waals surface area contributed by atoms with Gasteiger partial charge in [0, 0.05) is 6.04 Å². The molecule has 31 heavy (non-hydrogen) atoms. The van der Waals surface area contributed by atoms with Gasteiger partial charge in [-0.25, -0.2) is 4.79 Å². The second-order valence-corrected chi connectivity index (χ2v) is 10.7. The lowest BCUT2D eigenvalue weighted by Crippen LogP contribution is -2.45. The standard InChI is InChI=1S/C13H23NO5.C8H15NO3/c1-12(2,3)19-11(16)14-7-6-8(15)10-9(7)17-13(4,5)18-10;1-8(2)11-6-4(9)3-5(10)7(6)12-8/h7-10,15H,6H2,1-5H3,(H,14,16);4-7,10H,3,9H2,1-2H3/t7-,8+,9+,10-;4-,5+,6+,7-/m11/s1. The molecule has 4 rings (SSSR count). The van der Waals surface area contributed by atoms with Gasteiger partial charge in [0.1, 0.15) is 30.0 Å². The van der Waals surface area contributed by atoms with E-state index in [1.54, 1.807) is 34.6 Å². The maximum absolute atomic E-state index is 11.8. The summed E-state index contributed by atoms with van der Waals surface area (Å²) in [5, 5.41) is 22.2. The summed E-state index contributed by atoms with van der Waals surface area (Å²) in [5.41, 5.74) is 5.22. The Labute approximate surface area is 183 Å². The lowest BCUT2D eigenvalue weighted by atomic mass is 10.2. The molecule has 2 aliphatic heterocycles. The number of amides is 1. The highest BCUT2D eigenvalue weighted by atomic mass is 16.8. The van der Waals surface area contributed by atoms with Gasteiger partial charge in [0.2, 0.25) is 0 Å². The largest absolute Gasteiger partial charge is 0.444 e. The third-order valence-electron chi connectivity index (χ3n) is 5.62. The molecule has 180 valence electrons. The van der Waals surface area contributed by atoms with Crippen molar-refractivity contribution in [3.05, 3.63) is 0 Å². The number of ether oxygens (including phenoxy) is 5. The number of carbonyl (C=O) groups excluding carboxylic acids is 1. The van der Waals surface area contributed by atoms with E-state index in [0.717, 1.165) is 0 Å². The number of aliphatic hydroxyl groups is 2. The highest BCUT2D eigenvalue weighted by molar-refractivity contribution is 5.68. The molecule has 0 aromatic heterocycles. The molecule has 0 spiro atoms. The van der Waals surface area contributed by atoms with Crippen LogP contribution in [0.3, 0.4) is 0 Å². The quantitative estimate of drug-likeness (QED) is 0.459. The summed E-state index contributed by atoms with van der Waals surface area (Å²) in [4.78, 5) is 11.8. The fourth-order valence-electron chi connectivity index (χ4n) is 4.55. The molecule has 2 saturated carbocycles. The Morgan fingerprint density at radius 3 is 1.87 bits per heavy atom. The third kappa shape index (κ3) is 5.87. The van der Waals surface area contributed by atoms with E-state index in [9.17, 15) is 15.0 Å². The summed E-state index contributed by atoms with van der Waals surface area (Å²) in [6, 6.07) is -0.386. The average Bonchev–Trinajstić information content (AvgIpc) is 3.22. The molecule has 10 nitrogen and oxygen atoms in total. The van der Waals surface area contributed by atoms with E-state index >= 15 is 0 Å². The molecular weight excluding hydrogens is 408 g/mol. The second-order valence-electron chi connectivity index (χ2n) is 10.7. The van der Waals surface area contributed by atoms with E-state index in [0.29, 0.717) is 12.8 Å². The fraction of sp³-hybridized carbons (Fsp3) is 0.952. The number of nitrogens with two attached hydrogens (primary N) is 1. The van der Waals surface area contributed by atoms with Crippen molar-refractivity contribution >= 4 is 6.09 Å². The van der Waals surface area contributed by atoms with E-state index in [1.807, 2.05) is 13.8 Å². The van der Waals surface area contributed by atoms with Crippen molar-refractivity contribution in [3.8, 4) is 0 Å². The Morgan fingerprint density at radius 2 is 1.35 bits per heavy atom. The molecule has 0 bridgehead atoms. The molecule has 0 aromatic rings. The van der Waals surface area contributed by atoms with E-state index in [2.05, 4.69) is 5.32 Å². The van der Waals surface area contributed by atoms with Crippen LogP contribution in [0.1, 0.15) is 61.3 Å². The molecule has 0 radical (unpaired) electrons. The molecule has 2 heterocycles. The Kier molecular flexibility index (Phi) is 6.68. The fourth-order valence-corrected chi connectivity index (χ4v) is 4.55. The molecule has 4 aliphatic rings. The van der Waals surface area contributed by atoms with Crippen LogP contribution in [0.4, 0.5) is 4.79 Å². The van der Waals surface area contributed by atoms with Crippen LogP contribution in [-0.4, -0.2) is 82.2 Å². The predicted molar refractivity (Wildman–Crippen MR) is 110 cm³/mol. The Morgan fingerprint density at radius 1 is 0.903 bits per heavy atom. The van der Waals surface area contributed by atoms with Gasteiger partial charge in [0.15, 0.2) is 11.6 Å². The van der Waals surface area contributed by atoms with E-state index in [1.165, 1.54) is 0 Å². The predicted octanol–water partition coefficient (Wildman–Crippen LogP) is 0.763. The smallest absolute Gasteiger partial charge is 0.407 e.